The predicted molar refractivity (Wildman–Crippen MR) is 108 cm³/mol. The molecular formula is C19H19N3S2. The number of hydrogen-bond donors (Lipinski definition) is 2. The first kappa shape index (κ1) is 16.6. The fraction of sp³-hybridized carbons (Fsp3) is 0.158. The van der Waals surface area contributed by atoms with Crippen LogP contribution in [0.25, 0.3) is 11.3 Å². The van der Waals surface area contributed by atoms with Crippen molar-refractivity contribution in [3.63, 3.8) is 0 Å². The van der Waals surface area contributed by atoms with E-state index in [0.29, 0.717) is 5.11 Å². The number of hydrogen-bond acceptors (Lipinski definition) is 3. The molecule has 5 heteroatoms. The molecule has 0 fully saturated rings. The third-order valence-corrected chi connectivity index (χ3v) is 4.61. The molecule has 2 N–H and O–H groups in total. The van der Waals surface area contributed by atoms with Crippen molar-refractivity contribution in [1.82, 2.24) is 4.98 Å². The number of rotatable bonds is 4. The molecule has 0 saturated carbocycles. The van der Waals surface area contributed by atoms with E-state index in [1.165, 1.54) is 5.56 Å². The predicted octanol–water partition coefficient (Wildman–Crippen LogP) is 5.49. The number of aryl methyl sites for hydroxylation is 2. The van der Waals surface area contributed by atoms with Gasteiger partial charge in [-0.3, -0.25) is 0 Å². The Hall–Kier alpha value is -2.24. The van der Waals surface area contributed by atoms with E-state index in [-0.39, 0.29) is 0 Å². The molecule has 0 radical (unpaired) electrons. The Balaban J connectivity index is 1.70. The van der Waals surface area contributed by atoms with Crippen molar-refractivity contribution in [3.05, 3.63) is 64.5 Å². The van der Waals surface area contributed by atoms with E-state index in [2.05, 4.69) is 52.2 Å². The summed E-state index contributed by atoms with van der Waals surface area (Å²) in [6.45, 7) is 4.15. The lowest BCUT2D eigenvalue weighted by Crippen LogP contribution is -2.19. The maximum Gasteiger partial charge on any atom is 0.175 e. The lowest BCUT2D eigenvalue weighted by molar-refractivity contribution is 1.14. The van der Waals surface area contributed by atoms with Crippen LogP contribution >= 0.6 is 23.6 Å². The standard InChI is InChI=1S/C19H19N3S2/c1-3-14-6-4-8-16(10-14)21-19(23)22-17-9-5-7-15(11-17)18-12-24-13(2)20-18/h4-12H,3H2,1-2H3,(H2,21,22,23). The highest BCUT2D eigenvalue weighted by Crippen LogP contribution is 2.24. The molecule has 0 amide bonds. The largest absolute Gasteiger partial charge is 0.332 e. The van der Waals surface area contributed by atoms with Gasteiger partial charge in [0.15, 0.2) is 5.11 Å². The Morgan fingerprint density at radius 3 is 2.46 bits per heavy atom. The minimum Gasteiger partial charge on any atom is -0.332 e. The number of aromatic nitrogens is 1. The molecule has 3 rings (SSSR count). The summed E-state index contributed by atoms with van der Waals surface area (Å²) in [5.74, 6) is 0. The molecule has 1 heterocycles. The van der Waals surface area contributed by atoms with Gasteiger partial charge in [-0.15, -0.1) is 11.3 Å². The van der Waals surface area contributed by atoms with Crippen molar-refractivity contribution >= 4 is 40.0 Å². The van der Waals surface area contributed by atoms with Gasteiger partial charge in [-0.1, -0.05) is 31.2 Å². The Morgan fingerprint density at radius 2 is 1.79 bits per heavy atom. The molecule has 0 bridgehead atoms. The van der Waals surface area contributed by atoms with Gasteiger partial charge in [0.1, 0.15) is 0 Å². The van der Waals surface area contributed by atoms with E-state index in [4.69, 9.17) is 12.2 Å². The van der Waals surface area contributed by atoms with Gasteiger partial charge < -0.3 is 10.6 Å². The molecule has 3 nitrogen and oxygen atoms in total. The fourth-order valence-corrected chi connectivity index (χ4v) is 3.27. The number of nitrogens with one attached hydrogen (secondary N) is 2. The summed E-state index contributed by atoms with van der Waals surface area (Å²) in [5, 5.41) is 10.2. The summed E-state index contributed by atoms with van der Waals surface area (Å²) in [5.41, 5.74) is 5.31. The molecule has 0 unspecified atom stereocenters. The lowest BCUT2D eigenvalue weighted by Gasteiger charge is -2.12. The summed E-state index contributed by atoms with van der Waals surface area (Å²) in [4.78, 5) is 4.53. The van der Waals surface area contributed by atoms with Crippen LogP contribution < -0.4 is 10.6 Å². The average molecular weight is 354 g/mol. The highest BCUT2D eigenvalue weighted by atomic mass is 32.1. The second kappa shape index (κ2) is 7.55. The molecular weight excluding hydrogens is 334 g/mol. The molecule has 3 aromatic rings. The van der Waals surface area contributed by atoms with Crippen LogP contribution in [0.2, 0.25) is 0 Å². The topological polar surface area (TPSA) is 37.0 Å². The van der Waals surface area contributed by atoms with Crippen LogP contribution in [-0.2, 0) is 6.42 Å². The van der Waals surface area contributed by atoms with E-state index in [0.717, 1.165) is 34.1 Å². The van der Waals surface area contributed by atoms with E-state index < -0.39 is 0 Å². The van der Waals surface area contributed by atoms with Crippen LogP contribution in [-0.4, -0.2) is 10.1 Å². The van der Waals surface area contributed by atoms with Crippen molar-refractivity contribution in [3.8, 4) is 11.3 Å². The smallest absolute Gasteiger partial charge is 0.175 e. The Morgan fingerprint density at radius 1 is 1.08 bits per heavy atom. The average Bonchev–Trinajstić information content (AvgIpc) is 3.02. The quantitative estimate of drug-likeness (QED) is 0.608. The van der Waals surface area contributed by atoms with Crippen LogP contribution in [0.5, 0.6) is 0 Å². The minimum atomic E-state index is 0.579. The van der Waals surface area contributed by atoms with E-state index >= 15 is 0 Å². The molecule has 0 aliphatic carbocycles. The summed E-state index contributed by atoms with van der Waals surface area (Å²) >= 11 is 7.08. The molecule has 0 aliphatic rings. The van der Waals surface area contributed by atoms with Crippen molar-refractivity contribution in [2.45, 2.75) is 20.3 Å². The third kappa shape index (κ3) is 4.19. The van der Waals surface area contributed by atoms with Gasteiger partial charge in [0.05, 0.1) is 10.7 Å². The number of thiazole rings is 1. The van der Waals surface area contributed by atoms with Gasteiger partial charge in [-0.25, -0.2) is 4.98 Å². The summed E-state index contributed by atoms with van der Waals surface area (Å²) in [6, 6.07) is 16.4. The first-order valence-electron chi connectivity index (χ1n) is 7.83. The fourth-order valence-electron chi connectivity index (χ4n) is 2.41. The van der Waals surface area contributed by atoms with Gasteiger partial charge in [0.2, 0.25) is 0 Å². The summed E-state index contributed by atoms with van der Waals surface area (Å²) in [6.07, 6.45) is 1.00. The van der Waals surface area contributed by atoms with Gasteiger partial charge in [0, 0.05) is 22.3 Å². The highest BCUT2D eigenvalue weighted by Gasteiger charge is 2.05. The molecule has 0 saturated heterocycles. The molecule has 122 valence electrons. The third-order valence-electron chi connectivity index (χ3n) is 3.63. The van der Waals surface area contributed by atoms with E-state index in [9.17, 15) is 0 Å². The first-order valence-corrected chi connectivity index (χ1v) is 9.12. The lowest BCUT2D eigenvalue weighted by atomic mass is 10.1. The zero-order chi connectivity index (χ0) is 16.9. The molecule has 0 aliphatic heterocycles. The molecule has 1 aromatic heterocycles. The number of thiocarbonyl (C=S) groups is 1. The normalized spacial score (nSPS) is 10.4. The van der Waals surface area contributed by atoms with Crippen LogP contribution in [0.1, 0.15) is 17.5 Å². The summed E-state index contributed by atoms with van der Waals surface area (Å²) < 4.78 is 0. The van der Waals surface area contributed by atoms with Crippen LogP contribution in [0.15, 0.2) is 53.9 Å². The number of nitrogens with zero attached hydrogens (tertiary/aromatic N) is 1. The van der Waals surface area contributed by atoms with Crippen LogP contribution in [0.4, 0.5) is 11.4 Å². The van der Waals surface area contributed by atoms with Gasteiger partial charge in [-0.2, -0.15) is 0 Å². The highest BCUT2D eigenvalue weighted by molar-refractivity contribution is 7.80. The van der Waals surface area contributed by atoms with E-state index in [1.54, 1.807) is 11.3 Å². The Labute approximate surface area is 151 Å². The van der Waals surface area contributed by atoms with Crippen LogP contribution in [0.3, 0.4) is 0 Å². The maximum absolute atomic E-state index is 5.43. The number of benzene rings is 2. The van der Waals surface area contributed by atoms with Gasteiger partial charge in [-0.05, 0) is 55.4 Å². The van der Waals surface area contributed by atoms with Gasteiger partial charge >= 0.3 is 0 Å². The molecule has 0 spiro atoms. The first-order chi connectivity index (χ1) is 11.6. The number of anilines is 2. The molecule has 0 atom stereocenters. The SMILES string of the molecule is CCc1cccc(NC(=S)Nc2cccc(-c3csc(C)n3)c2)c1. The van der Waals surface area contributed by atoms with Gasteiger partial charge in [0.25, 0.3) is 0 Å². The van der Waals surface area contributed by atoms with E-state index in [1.807, 2.05) is 31.2 Å². The molecule has 24 heavy (non-hydrogen) atoms. The zero-order valence-corrected chi connectivity index (χ0v) is 15.3. The van der Waals surface area contributed by atoms with Crippen LogP contribution in [0, 0.1) is 6.92 Å². The monoisotopic (exact) mass is 353 g/mol. The second-order valence-corrected chi connectivity index (χ2v) is 6.94. The summed E-state index contributed by atoms with van der Waals surface area (Å²) in [7, 11) is 0. The minimum absolute atomic E-state index is 0.579. The van der Waals surface area contributed by atoms with Crippen molar-refractivity contribution < 1.29 is 0 Å². The Kier molecular flexibility index (Phi) is 5.23. The Bertz CT molecular complexity index is 855. The maximum atomic E-state index is 5.43. The van der Waals surface area contributed by atoms with Crippen molar-refractivity contribution in [1.29, 1.82) is 0 Å². The van der Waals surface area contributed by atoms with Crippen molar-refractivity contribution in [2.24, 2.45) is 0 Å². The molecule has 2 aromatic carbocycles. The van der Waals surface area contributed by atoms with Crippen molar-refractivity contribution in [2.75, 3.05) is 10.6 Å². The second-order valence-electron chi connectivity index (χ2n) is 5.47. The zero-order valence-electron chi connectivity index (χ0n) is 13.7.